The number of carbonyl (C=O) groups excluding carboxylic acids is 1. The van der Waals surface area contributed by atoms with Crippen LogP contribution in [0, 0.1) is 0 Å². The van der Waals surface area contributed by atoms with Gasteiger partial charge in [-0.25, -0.2) is 0 Å². The molecule has 0 bridgehead atoms. The third kappa shape index (κ3) is 2.66. The minimum absolute atomic E-state index is 0.0669. The molecule has 0 atom stereocenters. The van der Waals surface area contributed by atoms with Crippen LogP contribution in [0.5, 0.6) is 0 Å². The quantitative estimate of drug-likeness (QED) is 0.628. The predicted molar refractivity (Wildman–Crippen MR) is 48.8 cm³/mol. The normalized spacial score (nSPS) is 17.4. The van der Waals surface area contributed by atoms with E-state index in [4.69, 9.17) is 0 Å². The minimum atomic E-state index is 0.0669. The third-order valence-corrected chi connectivity index (χ3v) is 1.74. The molecule has 0 aromatic rings. The average Bonchev–Trinajstić information content (AvgIpc) is 2.05. The zero-order valence-corrected chi connectivity index (χ0v) is 7.68. The van der Waals surface area contributed by atoms with Crippen molar-refractivity contribution in [3.8, 4) is 0 Å². The second-order valence-corrected chi connectivity index (χ2v) is 3.32. The standard InChI is InChI=1S/C9H16N2O/c1-7(2)11-9(12)8-4-3-5-10-6-8/h4,7,10H,3,5-6H2,1-2H3,(H,11,12). The van der Waals surface area contributed by atoms with Crippen molar-refractivity contribution in [2.45, 2.75) is 26.3 Å². The van der Waals surface area contributed by atoms with Crippen LogP contribution in [0.4, 0.5) is 0 Å². The van der Waals surface area contributed by atoms with E-state index in [1.165, 1.54) is 0 Å². The summed E-state index contributed by atoms with van der Waals surface area (Å²) in [6.07, 6.45) is 2.97. The van der Waals surface area contributed by atoms with Crippen molar-refractivity contribution in [3.63, 3.8) is 0 Å². The predicted octanol–water partition coefficient (Wildman–Crippen LogP) is 0.431. The summed E-state index contributed by atoms with van der Waals surface area (Å²) in [5.41, 5.74) is 0.870. The highest BCUT2D eigenvalue weighted by Gasteiger charge is 2.11. The van der Waals surface area contributed by atoms with Crippen LogP contribution < -0.4 is 10.6 Å². The first-order valence-corrected chi connectivity index (χ1v) is 4.41. The van der Waals surface area contributed by atoms with Gasteiger partial charge in [0.1, 0.15) is 0 Å². The second kappa shape index (κ2) is 4.26. The first-order chi connectivity index (χ1) is 5.70. The van der Waals surface area contributed by atoms with Crippen molar-refractivity contribution in [3.05, 3.63) is 11.6 Å². The monoisotopic (exact) mass is 168 g/mol. The lowest BCUT2D eigenvalue weighted by Gasteiger charge is -2.15. The summed E-state index contributed by atoms with van der Waals surface area (Å²) in [6.45, 7) is 5.63. The summed E-state index contributed by atoms with van der Waals surface area (Å²) in [5.74, 6) is 0.0669. The van der Waals surface area contributed by atoms with E-state index in [1.54, 1.807) is 0 Å². The molecule has 3 nitrogen and oxygen atoms in total. The summed E-state index contributed by atoms with van der Waals surface area (Å²) >= 11 is 0. The fourth-order valence-electron chi connectivity index (χ4n) is 1.17. The van der Waals surface area contributed by atoms with Gasteiger partial charge in [0, 0.05) is 18.2 Å². The Bertz CT molecular complexity index is 197. The van der Waals surface area contributed by atoms with Crippen molar-refractivity contribution in [2.75, 3.05) is 13.1 Å². The van der Waals surface area contributed by atoms with Crippen LogP contribution in [-0.2, 0) is 4.79 Å². The molecule has 0 spiro atoms. The molecule has 12 heavy (non-hydrogen) atoms. The molecule has 0 radical (unpaired) electrons. The Hall–Kier alpha value is -0.830. The lowest BCUT2D eigenvalue weighted by Crippen LogP contribution is -2.36. The number of hydrogen-bond acceptors (Lipinski definition) is 2. The number of amides is 1. The van der Waals surface area contributed by atoms with Gasteiger partial charge in [-0.15, -0.1) is 0 Å². The molecule has 3 heteroatoms. The highest BCUT2D eigenvalue weighted by atomic mass is 16.1. The fraction of sp³-hybridized carbons (Fsp3) is 0.667. The summed E-state index contributed by atoms with van der Waals surface area (Å²) in [7, 11) is 0. The van der Waals surface area contributed by atoms with Crippen LogP contribution in [-0.4, -0.2) is 25.0 Å². The van der Waals surface area contributed by atoms with E-state index >= 15 is 0 Å². The fourth-order valence-corrected chi connectivity index (χ4v) is 1.17. The molecule has 1 aliphatic heterocycles. The van der Waals surface area contributed by atoms with Crippen LogP contribution in [0.15, 0.2) is 11.6 Å². The van der Waals surface area contributed by atoms with Gasteiger partial charge in [0.15, 0.2) is 0 Å². The summed E-state index contributed by atoms with van der Waals surface area (Å²) in [6, 6.07) is 0.223. The van der Waals surface area contributed by atoms with Crippen molar-refractivity contribution in [1.29, 1.82) is 0 Å². The molecule has 1 amide bonds. The van der Waals surface area contributed by atoms with Crippen molar-refractivity contribution < 1.29 is 4.79 Å². The number of rotatable bonds is 2. The van der Waals surface area contributed by atoms with E-state index in [2.05, 4.69) is 10.6 Å². The van der Waals surface area contributed by atoms with Gasteiger partial charge in [0.25, 0.3) is 0 Å². The molecule has 1 heterocycles. The van der Waals surface area contributed by atoms with Crippen LogP contribution in [0.1, 0.15) is 20.3 Å². The Morgan fingerprint density at radius 1 is 1.67 bits per heavy atom. The minimum Gasteiger partial charge on any atom is -0.350 e. The molecule has 0 aromatic heterocycles. The van der Waals surface area contributed by atoms with Gasteiger partial charge < -0.3 is 10.6 Å². The van der Waals surface area contributed by atoms with Crippen molar-refractivity contribution in [2.24, 2.45) is 0 Å². The molecule has 2 N–H and O–H groups in total. The Morgan fingerprint density at radius 2 is 2.42 bits per heavy atom. The molecule has 0 saturated carbocycles. The smallest absolute Gasteiger partial charge is 0.248 e. The van der Waals surface area contributed by atoms with Crippen LogP contribution in [0.3, 0.4) is 0 Å². The maximum absolute atomic E-state index is 11.4. The zero-order valence-electron chi connectivity index (χ0n) is 7.68. The SMILES string of the molecule is CC(C)NC(=O)C1=CCCNC1. The highest BCUT2D eigenvalue weighted by Crippen LogP contribution is 2.00. The Labute approximate surface area is 73.2 Å². The van der Waals surface area contributed by atoms with Gasteiger partial charge in [-0.05, 0) is 26.8 Å². The molecule has 0 aromatic carbocycles. The third-order valence-electron chi connectivity index (χ3n) is 1.74. The molecule has 1 rings (SSSR count). The molecule has 0 fully saturated rings. The topological polar surface area (TPSA) is 41.1 Å². The first kappa shape index (κ1) is 9.26. The van der Waals surface area contributed by atoms with Crippen molar-refractivity contribution >= 4 is 5.91 Å². The van der Waals surface area contributed by atoms with Crippen LogP contribution in [0.25, 0.3) is 0 Å². The van der Waals surface area contributed by atoms with Crippen LogP contribution in [0.2, 0.25) is 0 Å². The molecular formula is C9H16N2O. The van der Waals surface area contributed by atoms with Gasteiger partial charge >= 0.3 is 0 Å². The Morgan fingerprint density at radius 3 is 2.92 bits per heavy atom. The number of nitrogens with one attached hydrogen (secondary N) is 2. The molecule has 0 saturated heterocycles. The Balaban J connectivity index is 2.45. The highest BCUT2D eigenvalue weighted by molar-refractivity contribution is 5.94. The summed E-state index contributed by atoms with van der Waals surface area (Å²) in [5, 5.41) is 6.03. The van der Waals surface area contributed by atoms with Crippen molar-refractivity contribution in [1.82, 2.24) is 10.6 Å². The van der Waals surface area contributed by atoms with E-state index in [0.717, 1.165) is 18.5 Å². The molecular weight excluding hydrogens is 152 g/mol. The molecule has 0 unspecified atom stereocenters. The lowest BCUT2D eigenvalue weighted by molar-refractivity contribution is -0.118. The van der Waals surface area contributed by atoms with Gasteiger partial charge in [-0.2, -0.15) is 0 Å². The van der Waals surface area contributed by atoms with E-state index in [9.17, 15) is 4.79 Å². The van der Waals surface area contributed by atoms with Gasteiger partial charge in [0.2, 0.25) is 5.91 Å². The molecule has 68 valence electrons. The maximum Gasteiger partial charge on any atom is 0.248 e. The summed E-state index contributed by atoms with van der Waals surface area (Å²) < 4.78 is 0. The van der Waals surface area contributed by atoms with E-state index < -0.39 is 0 Å². The zero-order chi connectivity index (χ0) is 8.97. The van der Waals surface area contributed by atoms with Gasteiger partial charge in [-0.3, -0.25) is 4.79 Å². The average molecular weight is 168 g/mol. The van der Waals surface area contributed by atoms with Gasteiger partial charge in [-0.1, -0.05) is 6.08 Å². The lowest BCUT2D eigenvalue weighted by atomic mass is 10.1. The molecule has 1 aliphatic rings. The summed E-state index contributed by atoms with van der Waals surface area (Å²) in [4.78, 5) is 11.4. The number of hydrogen-bond donors (Lipinski definition) is 2. The first-order valence-electron chi connectivity index (χ1n) is 4.41. The second-order valence-electron chi connectivity index (χ2n) is 3.32. The number of carbonyl (C=O) groups is 1. The van der Waals surface area contributed by atoms with E-state index in [-0.39, 0.29) is 11.9 Å². The Kier molecular flexibility index (Phi) is 3.29. The van der Waals surface area contributed by atoms with E-state index in [1.807, 2.05) is 19.9 Å². The van der Waals surface area contributed by atoms with E-state index in [0.29, 0.717) is 6.54 Å². The largest absolute Gasteiger partial charge is 0.350 e. The van der Waals surface area contributed by atoms with Crippen LogP contribution >= 0.6 is 0 Å². The maximum atomic E-state index is 11.4. The van der Waals surface area contributed by atoms with Gasteiger partial charge in [0.05, 0.1) is 0 Å². The molecule has 0 aliphatic carbocycles.